The van der Waals surface area contributed by atoms with Crippen LogP contribution in [0.2, 0.25) is 0 Å². The van der Waals surface area contributed by atoms with Crippen LogP contribution >= 0.6 is 0 Å². The van der Waals surface area contributed by atoms with Crippen LogP contribution in [0, 0.1) is 17.8 Å². The first kappa shape index (κ1) is 13.7. The second-order valence-corrected chi connectivity index (χ2v) is 7.45. The monoisotopic (exact) mass is 274 g/mol. The zero-order valence-electron chi connectivity index (χ0n) is 13.5. The van der Waals surface area contributed by atoms with Crippen molar-refractivity contribution in [2.45, 2.75) is 59.4 Å². The highest BCUT2D eigenvalue weighted by Gasteiger charge is 2.65. The maximum absolute atomic E-state index is 4.79. The lowest BCUT2D eigenvalue weighted by Gasteiger charge is -2.15. The van der Waals surface area contributed by atoms with Gasteiger partial charge in [0.15, 0.2) is 0 Å². The molecule has 2 saturated carbocycles. The Morgan fingerprint density at radius 2 is 1.55 bits per heavy atom. The van der Waals surface area contributed by atoms with Crippen LogP contribution < -0.4 is 10.6 Å². The summed E-state index contributed by atoms with van der Waals surface area (Å²) in [5.41, 5.74) is 1.74. The van der Waals surface area contributed by atoms with Crippen molar-refractivity contribution in [1.29, 1.82) is 0 Å². The fraction of sp³-hybridized carbons (Fsp3) is 0.750. The molecule has 1 aromatic heterocycles. The van der Waals surface area contributed by atoms with E-state index in [1.165, 1.54) is 12.8 Å². The van der Waals surface area contributed by atoms with E-state index < -0.39 is 0 Å². The molecule has 110 valence electrons. The van der Waals surface area contributed by atoms with Crippen molar-refractivity contribution >= 4 is 11.6 Å². The largest absolute Gasteiger partial charge is 0.373 e. The number of nitrogens with one attached hydrogen (secondary N) is 2. The van der Waals surface area contributed by atoms with Gasteiger partial charge in [0, 0.05) is 24.6 Å². The topological polar surface area (TPSA) is 49.8 Å². The summed E-state index contributed by atoms with van der Waals surface area (Å²) in [4.78, 5) is 9.44. The quantitative estimate of drug-likeness (QED) is 0.881. The molecule has 0 aliphatic heterocycles. The molecule has 2 N–H and O–H groups in total. The number of hydrogen-bond donors (Lipinski definition) is 2. The van der Waals surface area contributed by atoms with E-state index in [9.17, 15) is 0 Å². The molecule has 2 aliphatic carbocycles. The number of rotatable bonds is 4. The third kappa shape index (κ3) is 1.88. The SMILES string of the molecule is CNc1nc(C2CC2)nc(NC2C(C)(C)C2(C)C)c1C. The lowest BCUT2D eigenvalue weighted by atomic mass is 10.0. The number of nitrogens with zero attached hydrogens (tertiary/aromatic N) is 2. The van der Waals surface area contributed by atoms with Gasteiger partial charge in [0.05, 0.1) is 0 Å². The van der Waals surface area contributed by atoms with Crippen LogP contribution in [0.1, 0.15) is 57.8 Å². The van der Waals surface area contributed by atoms with Crippen molar-refractivity contribution in [1.82, 2.24) is 9.97 Å². The molecule has 0 amide bonds. The Morgan fingerprint density at radius 3 is 2.00 bits per heavy atom. The fourth-order valence-corrected chi connectivity index (χ4v) is 3.14. The standard InChI is InChI=1S/C16H26N4/c1-9-11(17-6)18-13(10-7-8-10)19-12(9)20-14-15(2,3)16(14,4)5/h10,14H,7-8H2,1-6H3,(H2,17,18,19,20). The molecular formula is C16H26N4. The minimum absolute atomic E-state index is 0.309. The van der Waals surface area contributed by atoms with Gasteiger partial charge in [0.1, 0.15) is 17.5 Å². The molecule has 0 atom stereocenters. The molecule has 0 spiro atoms. The maximum atomic E-state index is 4.79. The first-order valence-corrected chi connectivity index (χ1v) is 7.62. The molecule has 0 unspecified atom stereocenters. The lowest BCUT2D eigenvalue weighted by Crippen LogP contribution is -2.15. The molecule has 4 heteroatoms. The lowest BCUT2D eigenvalue weighted by molar-refractivity contribution is 0.457. The summed E-state index contributed by atoms with van der Waals surface area (Å²) in [6, 6.07) is 0.473. The molecule has 2 aliphatic rings. The van der Waals surface area contributed by atoms with Gasteiger partial charge in [-0.2, -0.15) is 0 Å². The number of aromatic nitrogens is 2. The van der Waals surface area contributed by atoms with Crippen molar-refractivity contribution in [3.63, 3.8) is 0 Å². The van der Waals surface area contributed by atoms with E-state index in [0.29, 0.717) is 22.8 Å². The van der Waals surface area contributed by atoms with Crippen molar-refractivity contribution in [3.05, 3.63) is 11.4 Å². The maximum Gasteiger partial charge on any atom is 0.136 e. The highest BCUT2D eigenvalue weighted by Crippen LogP contribution is 2.63. The molecule has 0 saturated heterocycles. The fourth-order valence-electron chi connectivity index (χ4n) is 3.14. The van der Waals surface area contributed by atoms with Gasteiger partial charge >= 0.3 is 0 Å². The van der Waals surface area contributed by atoms with Crippen LogP contribution in [-0.4, -0.2) is 23.1 Å². The Bertz CT molecular complexity index is 530. The highest BCUT2D eigenvalue weighted by atomic mass is 15.1. The first-order valence-electron chi connectivity index (χ1n) is 7.62. The van der Waals surface area contributed by atoms with Gasteiger partial charge in [-0.25, -0.2) is 9.97 Å². The average molecular weight is 274 g/mol. The van der Waals surface area contributed by atoms with Gasteiger partial charge in [-0.3, -0.25) is 0 Å². The number of anilines is 2. The molecule has 3 rings (SSSR count). The van der Waals surface area contributed by atoms with Crippen LogP contribution in [0.4, 0.5) is 11.6 Å². The van der Waals surface area contributed by atoms with Crippen LogP contribution in [0.15, 0.2) is 0 Å². The zero-order chi connectivity index (χ0) is 14.7. The Kier molecular flexibility index (Phi) is 2.79. The number of hydrogen-bond acceptors (Lipinski definition) is 4. The van der Waals surface area contributed by atoms with Crippen LogP contribution in [-0.2, 0) is 0 Å². The molecule has 1 aromatic rings. The van der Waals surface area contributed by atoms with Gasteiger partial charge in [-0.05, 0) is 30.6 Å². The van der Waals surface area contributed by atoms with Gasteiger partial charge < -0.3 is 10.6 Å². The predicted molar refractivity (Wildman–Crippen MR) is 83.3 cm³/mol. The molecule has 0 aromatic carbocycles. The molecular weight excluding hydrogens is 248 g/mol. The van der Waals surface area contributed by atoms with E-state index in [0.717, 1.165) is 23.0 Å². The molecule has 2 fully saturated rings. The molecule has 0 radical (unpaired) electrons. The summed E-state index contributed by atoms with van der Waals surface area (Å²) < 4.78 is 0. The molecule has 0 bridgehead atoms. The van der Waals surface area contributed by atoms with Gasteiger partial charge in [-0.1, -0.05) is 27.7 Å². The van der Waals surface area contributed by atoms with E-state index >= 15 is 0 Å². The smallest absolute Gasteiger partial charge is 0.136 e. The van der Waals surface area contributed by atoms with Crippen LogP contribution in [0.25, 0.3) is 0 Å². The van der Waals surface area contributed by atoms with Gasteiger partial charge in [0.25, 0.3) is 0 Å². The third-order valence-electron chi connectivity index (χ3n) is 5.64. The third-order valence-corrected chi connectivity index (χ3v) is 5.64. The highest BCUT2D eigenvalue weighted by molar-refractivity contribution is 5.59. The second-order valence-electron chi connectivity index (χ2n) is 7.45. The van der Waals surface area contributed by atoms with Crippen LogP contribution in [0.5, 0.6) is 0 Å². The van der Waals surface area contributed by atoms with Gasteiger partial charge in [-0.15, -0.1) is 0 Å². The zero-order valence-corrected chi connectivity index (χ0v) is 13.5. The van der Waals surface area contributed by atoms with Crippen LogP contribution in [0.3, 0.4) is 0 Å². The van der Waals surface area contributed by atoms with E-state index in [4.69, 9.17) is 4.98 Å². The van der Waals surface area contributed by atoms with E-state index in [1.807, 2.05) is 7.05 Å². The Balaban J connectivity index is 1.91. The van der Waals surface area contributed by atoms with Crippen molar-refractivity contribution in [3.8, 4) is 0 Å². The summed E-state index contributed by atoms with van der Waals surface area (Å²) in [5.74, 6) is 3.54. The summed E-state index contributed by atoms with van der Waals surface area (Å²) >= 11 is 0. The summed E-state index contributed by atoms with van der Waals surface area (Å²) in [6.07, 6.45) is 2.46. The Morgan fingerprint density at radius 1 is 1.00 bits per heavy atom. The predicted octanol–water partition coefficient (Wildman–Crippen LogP) is 3.55. The minimum Gasteiger partial charge on any atom is -0.373 e. The Labute approximate surface area is 121 Å². The van der Waals surface area contributed by atoms with Gasteiger partial charge in [0.2, 0.25) is 0 Å². The van der Waals surface area contributed by atoms with Crippen molar-refractivity contribution in [2.24, 2.45) is 10.8 Å². The minimum atomic E-state index is 0.309. The summed E-state index contributed by atoms with van der Waals surface area (Å²) in [6.45, 7) is 11.4. The molecule has 1 heterocycles. The normalized spacial score (nSPS) is 23.5. The van der Waals surface area contributed by atoms with E-state index in [1.54, 1.807) is 0 Å². The van der Waals surface area contributed by atoms with E-state index in [2.05, 4.69) is 50.2 Å². The van der Waals surface area contributed by atoms with Crippen molar-refractivity contribution in [2.75, 3.05) is 17.7 Å². The molecule has 20 heavy (non-hydrogen) atoms. The summed E-state index contributed by atoms with van der Waals surface area (Å²) in [5, 5.41) is 6.87. The summed E-state index contributed by atoms with van der Waals surface area (Å²) in [7, 11) is 1.93. The average Bonchev–Trinajstić information content (AvgIpc) is 3.26. The van der Waals surface area contributed by atoms with E-state index in [-0.39, 0.29) is 0 Å². The molecule has 4 nitrogen and oxygen atoms in total. The first-order chi connectivity index (χ1) is 9.29. The second kappa shape index (κ2) is 4.09. The van der Waals surface area contributed by atoms with Crippen molar-refractivity contribution < 1.29 is 0 Å². The Hall–Kier alpha value is -1.32.